The molecule has 3 heterocycles. The summed E-state index contributed by atoms with van der Waals surface area (Å²) in [5.74, 6) is 0. The van der Waals surface area contributed by atoms with Crippen LogP contribution in [0.25, 0.3) is 93.6 Å². The highest BCUT2D eigenvalue weighted by Crippen LogP contribution is 2.41. The highest BCUT2D eigenvalue weighted by molar-refractivity contribution is 6.13. The molecule has 11 aromatic rings. The van der Waals surface area contributed by atoms with E-state index in [1.165, 1.54) is 32.6 Å². The molecule has 11 rings (SSSR count). The highest BCUT2D eigenvalue weighted by atomic mass is 15.0. The number of para-hydroxylation sites is 6. The maximum Gasteiger partial charge on any atom is 0.101 e. The zero-order chi connectivity index (χ0) is 36.6. The van der Waals surface area contributed by atoms with Gasteiger partial charge in [0.05, 0.1) is 49.9 Å². The fraction of sp³-hybridized carbons (Fsp3) is 0. The molecule has 5 heteroatoms. The molecule has 5 nitrogen and oxygen atoms in total. The first kappa shape index (κ1) is 30.7. The Morgan fingerprint density at radius 2 is 0.818 bits per heavy atom. The Balaban J connectivity index is 1.14. The predicted molar refractivity (Wildman–Crippen MR) is 224 cm³/mol. The zero-order valence-electron chi connectivity index (χ0n) is 29.5. The molecule has 0 aliphatic carbocycles. The third-order valence-corrected chi connectivity index (χ3v) is 11.1. The smallest absolute Gasteiger partial charge is 0.101 e. The quantitative estimate of drug-likeness (QED) is 0.184. The second kappa shape index (κ2) is 11.8. The average molecular weight is 700 g/mol. The Kier molecular flexibility index (Phi) is 6.61. The van der Waals surface area contributed by atoms with Gasteiger partial charge in [0.15, 0.2) is 0 Å². The van der Waals surface area contributed by atoms with E-state index in [0.29, 0.717) is 11.1 Å². The van der Waals surface area contributed by atoms with Crippen LogP contribution in [0, 0.1) is 22.7 Å². The van der Waals surface area contributed by atoms with E-state index in [9.17, 15) is 10.5 Å². The van der Waals surface area contributed by atoms with E-state index in [1.807, 2.05) is 36.4 Å². The maximum atomic E-state index is 10.6. The van der Waals surface area contributed by atoms with Crippen molar-refractivity contribution in [2.45, 2.75) is 0 Å². The molecule has 0 saturated carbocycles. The first-order valence-electron chi connectivity index (χ1n) is 18.3. The largest absolute Gasteiger partial charge is 0.309 e. The van der Waals surface area contributed by atoms with E-state index in [-0.39, 0.29) is 0 Å². The predicted octanol–water partition coefficient (Wildman–Crippen LogP) is 12.4. The minimum atomic E-state index is 0.535. The van der Waals surface area contributed by atoms with Crippen molar-refractivity contribution >= 4 is 65.4 Å². The van der Waals surface area contributed by atoms with Crippen LogP contribution in [-0.4, -0.2) is 13.7 Å². The van der Waals surface area contributed by atoms with Crippen LogP contribution in [0.15, 0.2) is 176 Å². The second-order valence-corrected chi connectivity index (χ2v) is 14.0. The van der Waals surface area contributed by atoms with Gasteiger partial charge in [-0.2, -0.15) is 10.5 Å². The monoisotopic (exact) mass is 699 g/mol. The molecule has 0 saturated heterocycles. The Labute approximate surface area is 316 Å². The fourth-order valence-corrected chi connectivity index (χ4v) is 8.84. The molecule has 0 aliphatic heterocycles. The van der Waals surface area contributed by atoms with Crippen LogP contribution < -0.4 is 0 Å². The van der Waals surface area contributed by atoms with Gasteiger partial charge in [0.25, 0.3) is 0 Å². The van der Waals surface area contributed by atoms with Gasteiger partial charge in [-0.05, 0) is 72.3 Å². The van der Waals surface area contributed by atoms with Gasteiger partial charge in [-0.25, -0.2) is 0 Å². The maximum absolute atomic E-state index is 10.6. The van der Waals surface area contributed by atoms with Crippen molar-refractivity contribution in [1.29, 1.82) is 10.5 Å². The summed E-state index contributed by atoms with van der Waals surface area (Å²) in [4.78, 5) is 0. The van der Waals surface area contributed by atoms with E-state index >= 15 is 0 Å². The number of rotatable bonds is 4. The number of hydrogen-bond acceptors (Lipinski definition) is 2. The number of hydrogen-bond donors (Lipinski definition) is 0. The summed E-state index contributed by atoms with van der Waals surface area (Å²) in [5.41, 5.74) is 12.2. The Bertz CT molecular complexity index is 3420. The van der Waals surface area contributed by atoms with Gasteiger partial charge in [0.1, 0.15) is 12.1 Å². The summed E-state index contributed by atoms with van der Waals surface area (Å²) in [7, 11) is 0. The van der Waals surface area contributed by atoms with Crippen molar-refractivity contribution in [1.82, 2.24) is 13.7 Å². The number of aromatic nitrogens is 3. The van der Waals surface area contributed by atoms with Crippen molar-refractivity contribution in [2.24, 2.45) is 0 Å². The van der Waals surface area contributed by atoms with Crippen molar-refractivity contribution in [3.05, 3.63) is 187 Å². The Morgan fingerprint density at radius 3 is 1.45 bits per heavy atom. The van der Waals surface area contributed by atoms with Crippen molar-refractivity contribution in [3.8, 4) is 40.3 Å². The van der Waals surface area contributed by atoms with Gasteiger partial charge in [-0.3, -0.25) is 0 Å². The van der Waals surface area contributed by atoms with Crippen LogP contribution in [-0.2, 0) is 0 Å². The lowest BCUT2D eigenvalue weighted by Crippen LogP contribution is -2.02. The summed E-state index contributed by atoms with van der Waals surface area (Å²) in [6, 6.07) is 66.0. The first-order chi connectivity index (χ1) is 27.2. The number of nitrogens with zero attached hydrogens (tertiary/aromatic N) is 5. The molecule has 3 aromatic heterocycles. The normalized spacial score (nSPS) is 11.6. The summed E-state index contributed by atoms with van der Waals surface area (Å²) in [5, 5.41) is 27.7. The molecule has 254 valence electrons. The van der Waals surface area contributed by atoms with Gasteiger partial charge in [-0.1, -0.05) is 109 Å². The van der Waals surface area contributed by atoms with Crippen molar-refractivity contribution in [2.75, 3.05) is 0 Å². The summed E-state index contributed by atoms with van der Waals surface area (Å²) in [6.45, 7) is 0. The highest BCUT2D eigenvalue weighted by Gasteiger charge is 2.22. The van der Waals surface area contributed by atoms with Gasteiger partial charge in [0, 0.05) is 49.3 Å². The van der Waals surface area contributed by atoms with Gasteiger partial charge >= 0.3 is 0 Å². The lowest BCUT2D eigenvalue weighted by Gasteiger charge is -2.17. The molecule has 0 radical (unpaired) electrons. The molecule has 0 aliphatic rings. The molecule has 0 fully saturated rings. The van der Waals surface area contributed by atoms with Crippen LogP contribution in [0.5, 0.6) is 0 Å². The average Bonchev–Trinajstić information content (AvgIpc) is 3.89. The zero-order valence-corrected chi connectivity index (χ0v) is 29.5. The number of benzene rings is 8. The molecule has 8 aromatic carbocycles. The molecular formula is C50H29N5. The Morgan fingerprint density at radius 1 is 0.345 bits per heavy atom. The topological polar surface area (TPSA) is 62.4 Å². The SMILES string of the molecule is N#Cc1cccc(-c2cccc(-n3c4ccccc4c4cc(-n5c6ccccc6c6ccccc65)ccc43)c2)c1-n1c2ccccc2c2cccc(C#N)c21. The van der Waals surface area contributed by atoms with Crippen LogP contribution in [0.4, 0.5) is 0 Å². The van der Waals surface area contributed by atoms with Crippen molar-refractivity contribution < 1.29 is 0 Å². The minimum absolute atomic E-state index is 0.535. The molecule has 0 N–H and O–H groups in total. The molecule has 55 heavy (non-hydrogen) atoms. The van der Waals surface area contributed by atoms with E-state index in [0.717, 1.165) is 61.0 Å². The van der Waals surface area contributed by atoms with Gasteiger partial charge in [-0.15, -0.1) is 0 Å². The molecule has 0 spiro atoms. The number of nitriles is 2. The molecular weight excluding hydrogens is 671 g/mol. The molecule has 0 atom stereocenters. The van der Waals surface area contributed by atoms with E-state index in [2.05, 4.69) is 165 Å². The minimum Gasteiger partial charge on any atom is -0.309 e. The lowest BCUT2D eigenvalue weighted by molar-refractivity contribution is 1.16. The first-order valence-corrected chi connectivity index (χ1v) is 18.3. The summed E-state index contributed by atoms with van der Waals surface area (Å²) in [6.07, 6.45) is 0. The van der Waals surface area contributed by atoms with Crippen LogP contribution in [0.2, 0.25) is 0 Å². The fourth-order valence-electron chi connectivity index (χ4n) is 8.84. The van der Waals surface area contributed by atoms with Crippen LogP contribution >= 0.6 is 0 Å². The Hall–Kier alpha value is -7.86. The van der Waals surface area contributed by atoms with E-state index < -0.39 is 0 Å². The third-order valence-electron chi connectivity index (χ3n) is 11.1. The van der Waals surface area contributed by atoms with Crippen LogP contribution in [0.1, 0.15) is 11.1 Å². The van der Waals surface area contributed by atoms with Gasteiger partial charge < -0.3 is 13.7 Å². The van der Waals surface area contributed by atoms with Crippen molar-refractivity contribution in [3.63, 3.8) is 0 Å². The molecule has 0 amide bonds. The number of fused-ring (bicyclic) bond motifs is 9. The third kappa shape index (κ3) is 4.39. The summed E-state index contributed by atoms with van der Waals surface area (Å²) < 4.78 is 6.82. The molecule has 0 bridgehead atoms. The van der Waals surface area contributed by atoms with E-state index in [4.69, 9.17) is 0 Å². The standard InChI is InChI=1S/C50H29N5/c51-30-33-13-10-20-37(49(33)55-47-25-8-3-18-40(47)42-21-11-14-34(31-52)50(42)55)32-12-9-15-35(28-32)53-46-24-7-4-19-41(46)43-29-36(26-27-48(43)53)54-44-22-5-1-16-38(44)39-17-2-6-23-45(39)54/h1-29H. The lowest BCUT2D eigenvalue weighted by atomic mass is 9.99. The molecule has 0 unspecified atom stereocenters. The summed E-state index contributed by atoms with van der Waals surface area (Å²) >= 11 is 0. The van der Waals surface area contributed by atoms with E-state index in [1.54, 1.807) is 0 Å². The van der Waals surface area contributed by atoms with Gasteiger partial charge in [0.2, 0.25) is 0 Å². The second-order valence-electron chi connectivity index (χ2n) is 14.0. The van der Waals surface area contributed by atoms with Crippen LogP contribution in [0.3, 0.4) is 0 Å².